The van der Waals surface area contributed by atoms with Crippen molar-refractivity contribution in [3.05, 3.63) is 24.8 Å². The first-order valence-electron chi connectivity index (χ1n) is 3.41. The molecule has 0 aliphatic heterocycles. The fraction of sp³-hybridized carbons (Fsp3) is 0.500. The lowest BCUT2D eigenvalue weighted by molar-refractivity contribution is 0.113. The molecule has 0 heterocycles. The number of aliphatic hydroxyl groups is 2. The second-order valence-electron chi connectivity index (χ2n) is 2.58. The third kappa shape index (κ3) is 1.46. The van der Waals surface area contributed by atoms with Crippen molar-refractivity contribution < 1.29 is 10.2 Å². The minimum Gasteiger partial charge on any atom is -0.389 e. The van der Waals surface area contributed by atoms with Gasteiger partial charge in [-0.05, 0) is 6.42 Å². The second-order valence-corrected chi connectivity index (χ2v) is 2.58. The molecule has 1 aliphatic rings. The number of rotatable bonds is 1. The quantitative estimate of drug-likeness (QED) is 0.520. The van der Waals surface area contributed by atoms with Gasteiger partial charge in [0.05, 0.1) is 12.2 Å². The highest BCUT2D eigenvalue weighted by molar-refractivity contribution is 5.06. The van der Waals surface area contributed by atoms with E-state index in [9.17, 15) is 5.11 Å². The molecule has 0 unspecified atom stereocenters. The van der Waals surface area contributed by atoms with Gasteiger partial charge >= 0.3 is 0 Å². The van der Waals surface area contributed by atoms with Gasteiger partial charge in [0.15, 0.2) is 0 Å². The number of hydrogen-bond donors (Lipinski definition) is 2. The Balaban J connectivity index is 2.61. The van der Waals surface area contributed by atoms with Gasteiger partial charge in [-0.2, -0.15) is 0 Å². The van der Waals surface area contributed by atoms with Crippen LogP contribution < -0.4 is 0 Å². The summed E-state index contributed by atoms with van der Waals surface area (Å²) in [6.07, 6.45) is 4.62. The maximum Gasteiger partial charge on any atom is 0.0785 e. The van der Waals surface area contributed by atoms with Gasteiger partial charge in [-0.25, -0.2) is 0 Å². The van der Waals surface area contributed by atoms with Crippen molar-refractivity contribution in [2.75, 3.05) is 0 Å². The molecule has 2 N–H and O–H groups in total. The Labute approximate surface area is 60.5 Å². The van der Waals surface area contributed by atoms with E-state index in [-0.39, 0.29) is 5.92 Å². The first kappa shape index (κ1) is 7.51. The summed E-state index contributed by atoms with van der Waals surface area (Å²) < 4.78 is 0. The summed E-state index contributed by atoms with van der Waals surface area (Å²) in [4.78, 5) is 0. The van der Waals surface area contributed by atoms with Crippen molar-refractivity contribution in [2.45, 2.75) is 18.6 Å². The zero-order chi connectivity index (χ0) is 7.56. The molecule has 0 radical (unpaired) electrons. The molecule has 0 aromatic carbocycles. The maximum absolute atomic E-state index is 9.22. The topological polar surface area (TPSA) is 40.5 Å². The van der Waals surface area contributed by atoms with Crippen LogP contribution in [0.2, 0.25) is 0 Å². The molecule has 2 heteroatoms. The summed E-state index contributed by atoms with van der Waals surface area (Å²) in [6, 6.07) is 0. The summed E-state index contributed by atoms with van der Waals surface area (Å²) >= 11 is 0. The van der Waals surface area contributed by atoms with E-state index in [4.69, 9.17) is 5.11 Å². The van der Waals surface area contributed by atoms with Crippen LogP contribution in [0.25, 0.3) is 0 Å². The van der Waals surface area contributed by atoms with Gasteiger partial charge in [-0.1, -0.05) is 18.2 Å². The van der Waals surface area contributed by atoms with Gasteiger partial charge < -0.3 is 10.2 Å². The number of aliphatic hydroxyl groups excluding tert-OH is 2. The molecular weight excluding hydrogens is 128 g/mol. The molecule has 0 saturated carbocycles. The lowest BCUT2D eigenvalue weighted by atomic mass is 9.90. The van der Waals surface area contributed by atoms with E-state index in [1.165, 1.54) is 0 Å². The first-order valence-corrected chi connectivity index (χ1v) is 3.41. The Morgan fingerprint density at radius 1 is 1.40 bits per heavy atom. The van der Waals surface area contributed by atoms with Crippen LogP contribution in [0.15, 0.2) is 24.8 Å². The maximum atomic E-state index is 9.22. The summed E-state index contributed by atoms with van der Waals surface area (Å²) in [5.41, 5.74) is 0. The van der Waals surface area contributed by atoms with Crippen LogP contribution in [0.5, 0.6) is 0 Å². The SMILES string of the molecule is C=C[C@H]1C[C@H](O)C=C[C@@H]1O. The molecule has 0 amide bonds. The molecule has 1 aliphatic carbocycles. The minimum absolute atomic E-state index is 0.0139. The molecule has 0 saturated heterocycles. The molecule has 0 fully saturated rings. The summed E-state index contributed by atoms with van der Waals surface area (Å²) in [5.74, 6) is 0.0139. The van der Waals surface area contributed by atoms with Crippen molar-refractivity contribution in [3.8, 4) is 0 Å². The van der Waals surface area contributed by atoms with E-state index in [1.807, 2.05) is 0 Å². The third-order valence-electron chi connectivity index (χ3n) is 1.79. The molecule has 0 aromatic heterocycles. The van der Waals surface area contributed by atoms with Crippen LogP contribution in [-0.4, -0.2) is 22.4 Å². The Kier molecular flexibility index (Phi) is 2.25. The minimum atomic E-state index is -0.458. The average molecular weight is 140 g/mol. The molecular formula is C8H12O2. The van der Waals surface area contributed by atoms with Crippen LogP contribution in [-0.2, 0) is 0 Å². The average Bonchev–Trinajstić information content (AvgIpc) is 1.94. The Morgan fingerprint density at radius 3 is 2.60 bits per heavy atom. The van der Waals surface area contributed by atoms with E-state index in [0.717, 1.165) is 0 Å². The van der Waals surface area contributed by atoms with E-state index in [2.05, 4.69) is 6.58 Å². The normalized spacial score (nSPS) is 39.6. The second kappa shape index (κ2) is 2.99. The smallest absolute Gasteiger partial charge is 0.0785 e. The van der Waals surface area contributed by atoms with Crippen molar-refractivity contribution in [1.82, 2.24) is 0 Å². The number of hydrogen-bond acceptors (Lipinski definition) is 2. The summed E-state index contributed by atoms with van der Waals surface area (Å²) in [5, 5.41) is 18.3. The fourth-order valence-corrected chi connectivity index (χ4v) is 1.12. The molecule has 56 valence electrons. The predicted octanol–water partition coefficient (Wildman–Crippen LogP) is 0.470. The van der Waals surface area contributed by atoms with Crippen molar-refractivity contribution >= 4 is 0 Å². The van der Waals surface area contributed by atoms with E-state index >= 15 is 0 Å². The molecule has 3 atom stereocenters. The standard InChI is InChI=1S/C8H12O2/c1-2-6-5-7(9)3-4-8(6)10/h2-4,6-10H,1,5H2/t6-,7+,8-/m0/s1. The van der Waals surface area contributed by atoms with Gasteiger partial charge in [-0.3, -0.25) is 0 Å². The van der Waals surface area contributed by atoms with Crippen LogP contribution >= 0.6 is 0 Å². The van der Waals surface area contributed by atoms with Crippen molar-refractivity contribution in [3.63, 3.8) is 0 Å². The van der Waals surface area contributed by atoms with Crippen molar-refractivity contribution in [1.29, 1.82) is 0 Å². The van der Waals surface area contributed by atoms with Gasteiger partial charge in [0.2, 0.25) is 0 Å². The van der Waals surface area contributed by atoms with Gasteiger partial charge in [0.25, 0.3) is 0 Å². The van der Waals surface area contributed by atoms with E-state index in [1.54, 1.807) is 18.2 Å². The Bertz CT molecular complexity index is 151. The fourth-order valence-electron chi connectivity index (χ4n) is 1.12. The highest BCUT2D eigenvalue weighted by atomic mass is 16.3. The molecule has 1 rings (SSSR count). The molecule has 0 aromatic rings. The predicted molar refractivity (Wildman–Crippen MR) is 39.5 cm³/mol. The van der Waals surface area contributed by atoms with Gasteiger partial charge in [-0.15, -0.1) is 6.58 Å². The first-order chi connectivity index (χ1) is 4.74. The van der Waals surface area contributed by atoms with E-state index < -0.39 is 12.2 Å². The Morgan fingerprint density at radius 2 is 2.10 bits per heavy atom. The summed E-state index contributed by atoms with van der Waals surface area (Å²) in [6.45, 7) is 3.56. The Hall–Kier alpha value is -0.600. The molecule has 0 bridgehead atoms. The highest BCUT2D eigenvalue weighted by Crippen LogP contribution is 2.19. The van der Waals surface area contributed by atoms with E-state index in [0.29, 0.717) is 6.42 Å². The molecule has 2 nitrogen and oxygen atoms in total. The zero-order valence-corrected chi connectivity index (χ0v) is 5.77. The molecule has 0 spiro atoms. The van der Waals surface area contributed by atoms with Crippen LogP contribution in [0.1, 0.15) is 6.42 Å². The molecule has 10 heavy (non-hydrogen) atoms. The van der Waals surface area contributed by atoms with Crippen LogP contribution in [0.3, 0.4) is 0 Å². The third-order valence-corrected chi connectivity index (χ3v) is 1.79. The largest absolute Gasteiger partial charge is 0.389 e. The van der Waals surface area contributed by atoms with Crippen LogP contribution in [0, 0.1) is 5.92 Å². The summed E-state index contributed by atoms with van der Waals surface area (Å²) in [7, 11) is 0. The van der Waals surface area contributed by atoms with Gasteiger partial charge in [0, 0.05) is 5.92 Å². The lowest BCUT2D eigenvalue weighted by Crippen LogP contribution is -2.25. The van der Waals surface area contributed by atoms with Crippen molar-refractivity contribution in [2.24, 2.45) is 5.92 Å². The monoisotopic (exact) mass is 140 g/mol. The van der Waals surface area contributed by atoms with Crippen LogP contribution in [0.4, 0.5) is 0 Å². The lowest BCUT2D eigenvalue weighted by Gasteiger charge is -2.22. The zero-order valence-electron chi connectivity index (χ0n) is 5.77. The highest BCUT2D eigenvalue weighted by Gasteiger charge is 2.20. The van der Waals surface area contributed by atoms with Gasteiger partial charge in [0.1, 0.15) is 0 Å².